The first-order chi connectivity index (χ1) is 12.6. The van der Waals surface area contributed by atoms with E-state index in [0.717, 1.165) is 5.56 Å². The van der Waals surface area contributed by atoms with E-state index in [1.807, 2.05) is 30.3 Å². The second-order valence-corrected chi connectivity index (χ2v) is 6.36. The lowest BCUT2D eigenvalue weighted by Crippen LogP contribution is -2.42. The third kappa shape index (κ3) is 4.08. The van der Waals surface area contributed by atoms with E-state index in [2.05, 4.69) is 0 Å². The Labute approximate surface area is 151 Å². The molecule has 1 aliphatic rings. The molecule has 0 unspecified atom stereocenters. The van der Waals surface area contributed by atoms with Crippen LogP contribution in [0.2, 0.25) is 0 Å². The molecule has 136 valence electrons. The first-order valence-corrected chi connectivity index (χ1v) is 8.56. The topological polar surface area (TPSA) is 72.6 Å². The van der Waals surface area contributed by atoms with Crippen LogP contribution in [0.1, 0.15) is 18.4 Å². The first kappa shape index (κ1) is 18.1. The largest absolute Gasteiger partial charge is 0.377 e. The molecule has 0 bridgehead atoms. The van der Waals surface area contributed by atoms with Gasteiger partial charge in [-0.1, -0.05) is 30.3 Å². The summed E-state index contributed by atoms with van der Waals surface area (Å²) in [5, 5.41) is 0. The molecular weight excluding hydrogens is 335 g/mol. The van der Waals surface area contributed by atoms with Crippen molar-refractivity contribution in [3.05, 3.63) is 66.0 Å². The lowest BCUT2D eigenvalue weighted by Gasteiger charge is -2.22. The van der Waals surface area contributed by atoms with Crippen molar-refractivity contribution in [3.8, 4) is 0 Å². The molecule has 0 radical (unpaired) electrons. The molecule has 5 nitrogen and oxygen atoms in total. The minimum atomic E-state index is -0.716. The smallest absolute Gasteiger partial charge is 0.240 e. The molecular formula is C20H21FN2O3. The van der Waals surface area contributed by atoms with E-state index in [9.17, 15) is 14.0 Å². The first-order valence-electron chi connectivity index (χ1n) is 8.56. The van der Waals surface area contributed by atoms with Crippen LogP contribution in [-0.4, -0.2) is 24.5 Å². The highest BCUT2D eigenvalue weighted by Gasteiger charge is 2.42. The molecule has 2 aromatic rings. The molecule has 0 spiro atoms. The van der Waals surface area contributed by atoms with Crippen molar-refractivity contribution < 1.29 is 18.7 Å². The number of carbonyl (C=O) groups is 2. The maximum absolute atomic E-state index is 13.1. The van der Waals surface area contributed by atoms with Gasteiger partial charge in [-0.05, 0) is 42.7 Å². The molecule has 2 aromatic carbocycles. The molecule has 2 N–H and O–H groups in total. The van der Waals surface area contributed by atoms with Crippen LogP contribution in [0.3, 0.4) is 0 Å². The Bertz CT molecular complexity index is 764. The fraction of sp³-hybridized carbons (Fsp3) is 0.300. The Morgan fingerprint density at radius 3 is 2.50 bits per heavy atom. The van der Waals surface area contributed by atoms with E-state index in [-0.39, 0.29) is 11.8 Å². The number of primary amides is 1. The molecule has 26 heavy (non-hydrogen) atoms. The summed E-state index contributed by atoms with van der Waals surface area (Å²) in [4.78, 5) is 25.9. The van der Waals surface area contributed by atoms with Crippen LogP contribution in [0.4, 0.5) is 10.1 Å². The average molecular weight is 356 g/mol. The van der Waals surface area contributed by atoms with Crippen LogP contribution in [0, 0.1) is 11.7 Å². The van der Waals surface area contributed by atoms with Crippen molar-refractivity contribution in [2.75, 3.05) is 11.5 Å². The van der Waals surface area contributed by atoms with E-state index < -0.39 is 17.8 Å². The predicted octanol–water partition coefficient (Wildman–Crippen LogP) is 2.64. The number of halogens is 1. The number of nitrogens with two attached hydrogens (primary N) is 1. The van der Waals surface area contributed by atoms with E-state index in [4.69, 9.17) is 10.5 Å². The molecule has 3 rings (SSSR count). The van der Waals surface area contributed by atoms with Gasteiger partial charge < -0.3 is 10.5 Å². The Morgan fingerprint density at radius 1 is 1.15 bits per heavy atom. The maximum Gasteiger partial charge on any atom is 0.240 e. The molecule has 0 aliphatic carbocycles. The maximum atomic E-state index is 13.1. The van der Waals surface area contributed by atoms with Gasteiger partial charge in [0.05, 0.1) is 6.61 Å². The Balaban J connectivity index is 1.61. The van der Waals surface area contributed by atoms with Gasteiger partial charge in [-0.2, -0.15) is 0 Å². The van der Waals surface area contributed by atoms with Crippen LogP contribution in [-0.2, 0) is 20.9 Å². The Kier molecular flexibility index (Phi) is 5.63. The van der Waals surface area contributed by atoms with Crippen LogP contribution in [0.25, 0.3) is 0 Å². The van der Waals surface area contributed by atoms with Crippen molar-refractivity contribution in [3.63, 3.8) is 0 Å². The minimum absolute atomic E-state index is 0.177. The standard InChI is InChI=1S/C20H21FN2O3/c21-16-6-8-17(9-7-16)23-18(19(22)24)12-15(20(23)25)10-11-26-13-14-4-2-1-3-5-14/h1-9,15,18H,10-13H2,(H2,22,24)/t15-,18+/m0/s1. The van der Waals surface area contributed by atoms with Crippen molar-refractivity contribution in [2.45, 2.75) is 25.5 Å². The molecule has 1 fully saturated rings. The second kappa shape index (κ2) is 8.10. The summed E-state index contributed by atoms with van der Waals surface area (Å²) in [6.45, 7) is 0.886. The molecule has 0 saturated carbocycles. The van der Waals surface area contributed by atoms with Gasteiger partial charge in [-0.15, -0.1) is 0 Å². The quantitative estimate of drug-likeness (QED) is 0.775. The number of anilines is 1. The molecule has 2 amide bonds. The van der Waals surface area contributed by atoms with Crippen molar-refractivity contribution >= 4 is 17.5 Å². The van der Waals surface area contributed by atoms with Gasteiger partial charge in [0.25, 0.3) is 0 Å². The highest BCUT2D eigenvalue weighted by atomic mass is 19.1. The molecule has 6 heteroatoms. The molecule has 1 heterocycles. The number of rotatable bonds is 7. The van der Waals surface area contributed by atoms with Gasteiger partial charge in [0.15, 0.2) is 0 Å². The summed E-state index contributed by atoms with van der Waals surface area (Å²) in [7, 11) is 0. The number of amides is 2. The number of carbonyl (C=O) groups excluding carboxylic acids is 2. The zero-order valence-corrected chi connectivity index (χ0v) is 14.3. The Hall–Kier alpha value is -2.73. The zero-order chi connectivity index (χ0) is 18.5. The second-order valence-electron chi connectivity index (χ2n) is 6.36. The summed E-state index contributed by atoms with van der Waals surface area (Å²) in [6.07, 6.45) is 0.855. The lowest BCUT2D eigenvalue weighted by molar-refractivity contribution is -0.123. The van der Waals surface area contributed by atoms with Crippen LogP contribution >= 0.6 is 0 Å². The molecule has 1 saturated heterocycles. The van der Waals surface area contributed by atoms with E-state index in [1.165, 1.54) is 29.2 Å². The molecule has 1 aliphatic heterocycles. The third-order valence-electron chi connectivity index (χ3n) is 4.56. The predicted molar refractivity (Wildman–Crippen MR) is 95.7 cm³/mol. The monoisotopic (exact) mass is 356 g/mol. The Morgan fingerprint density at radius 2 is 1.85 bits per heavy atom. The van der Waals surface area contributed by atoms with Crippen LogP contribution in [0.5, 0.6) is 0 Å². The van der Waals surface area contributed by atoms with Gasteiger partial charge in [0.2, 0.25) is 11.8 Å². The third-order valence-corrected chi connectivity index (χ3v) is 4.56. The van der Waals surface area contributed by atoms with Crippen molar-refractivity contribution in [1.82, 2.24) is 0 Å². The van der Waals surface area contributed by atoms with Gasteiger partial charge in [0.1, 0.15) is 11.9 Å². The summed E-state index contributed by atoms with van der Waals surface area (Å²) in [5.74, 6) is -1.48. The number of nitrogens with zero attached hydrogens (tertiary/aromatic N) is 1. The number of hydrogen-bond donors (Lipinski definition) is 1. The fourth-order valence-corrected chi connectivity index (χ4v) is 3.21. The van der Waals surface area contributed by atoms with Crippen molar-refractivity contribution in [1.29, 1.82) is 0 Å². The number of benzene rings is 2. The normalized spacial score (nSPS) is 19.7. The minimum Gasteiger partial charge on any atom is -0.377 e. The average Bonchev–Trinajstić information content (AvgIpc) is 2.97. The van der Waals surface area contributed by atoms with Gasteiger partial charge >= 0.3 is 0 Å². The molecule has 2 atom stereocenters. The fourth-order valence-electron chi connectivity index (χ4n) is 3.21. The summed E-state index contributed by atoms with van der Waals surface area (Å²) >= 11 is 0. The van der Waals surface area contributed by atoms with Crippen LogP contribution < -0.4 is 10.6 Å². The zero-order valence-electron chi connectivity index (χ0n) is 14.3. The van der Waals surface area contributed by atoms with Gasteiger partial charge in [-0.3, -0.25) is 14.5 Å². The van der Waals surface area contributed by atoms with E-state index in [0.29, 0.717) is 31.7 Å². The number of ether oxygens (including phenoxy) is 1. The molecule has 0 aromatic heterocycles. The summed E-state index contributed by atoms with van der Waals surface area (Å²) < 4.78 is 18.8. The van der Waals surface area contributed by atoms with E-state index >= 15 is 0 Å². The van der Waals surface area contributed by atoms with Gasteiger partial charge in [0, 0.05) is 18.2 Å². The summed E-state index contributed by atoms with van der Waals surface area (Å²) in [5.41, 5.74) is 7.02. The van der Waals surface area contributed by atoms with E-state index in [1.54, 1.807) is 0 Å². The lowest BCUT2D eigenvalue weighted by atomic mass is 10.0. The number of hydrogen-bond acceptors (Lipinski definition) is 3. The van der Waals surface area contributed by atoms with Crippen LogP contribution in [0.15, 0.2) is 54.6 Å². The SMILES string of the molecule is NC(=O)[C@H]1C[C@H](CCOCc2ccccc2)C(=O)N1c1ccc(F)cc1. The highest BCUT2D eigenvalue weighted by molar-refractivity contribution is 6.04. The van der Waals surface area contributed by atoms with Crippen molar-refractivity contribution in [2.24, 2.45) is 11.7 Å². The van der Waals surface area contributed by atoms with Gasteiger partial charge in [-0.25, -0.2) is 4.39 Å². The highest BCUT2D eigenvalue weighted by Crippen LogP contribution is 2.32. The summed E-state index contributed by atoms with van der Waals surface area (Å²) in [6, 6.07) is 14.5.